The highest BCUT2D eigenvalue weighted by Crippen LogP contribution is 2.48. The van der Waals surface area contributed by atoms with Crippen LogP contribution in [-0.4, -0.2) is 63.3 Å². The summed E-state index contributed by atoms with van der Waals surface area (Å²) in [5, 5.41) is 6.86. The molecule has 27 heavy (non-hydrogen) atoms. The molecule has 0 spiro atoms. The Hall–Kier alpha value is -1.66. The molecule has 1 aliphatic carbocycles. The van der Waals surface area contributed by atoms with Crippen LogP contribution in [0.5, 0.6) is 0 Å². The van der Waals surface area contributed by atoms with Crippen molar-refractivity contribution in [3.05, 3.63) is 35.6 Å². The van der Waals surface area contributed by atoms with Crippen molar-refractivity contribution in [2.75, 3.05) is 46.4 Å². The van der Waals surface area contributed by atoms with Crippen LogP contribution < -0.4 is 10.6 Å². The summed E-state index contributed by atoms with van der Waals surface area (Å²) in [7, 11) is 1.76. The van der Waals surface area contributed by atoms with E-state index in [2.05, 4.69) is 22.5 Å². The number of nitrogens with one attached hydrogen (secondary N) is 2. The smallest absolute Gasteiger partial charge is 0.191 e. The number of rotatable bonds is 9. The van der Waals surface area contributed by atoms with Crippen molar-refractivity contribution in [2.45, 2.75) is 44.1 Å². The zero-order chi connectivity index (χ0) is 19.1. The summed E-state index contributed by atoms with van der Waals surface area (Å²) in [4.78, 5) is 7.33. The first-order chi connectivity index (χ1) is 13.2. The predicted octanol–water partition coefficient (Wildman–Crippen LogP) is 2.52. The number of methoxy groups -OCH3 is 1. The van der Waals surface area contributed by atoms with E-state index < -0.39 is 0 Å². The highest BCUT2D eigenvalue weighted by molar-refractivity contribution is 5.79. The van der Waals surface area contributed by atoms with Gasteiger partial charge in [0.1, 0.15) is 5.82 Å². The zero-order valence-electron chi connectivity index (χ0n) is 16.6. The summed E-state index contributed by atoms with van der Waals surface area (Å²) in [6.07, 6.45) is 4.61. The summed E-state index contributed by atoms with van der Waals surface area (Å²) < 4.78 is 18.8. The number of benzene rings is 1. The van der Waals surface area contributed by atoms with E-state index in [-0.39, 0.29) is 11.2 Å². The van der Waals surface area contributed by atoms with Gasteiger partial charge in [0, 0.05) is 38.2 Å². The maximum atomic E-state index is 13.6. The van der Waals surface area contributed by atoms with Crippen molar-refractivity contribution >= 4 is 5.96 Å². The molecule has 3 rings (SSSR count). The maximum Gasteiger partial charge on any atom is 0.191 e. The molecular formula is C21H33FN4O. The van der Waals surface area contributed by atoms with E-state index in [1.54, 1.807) is 19.2 Å². The van der Waals surface area contributed by atoms with Crippen LogP contribution >= 0.6 is 0 Å². The fraction of sp³-hybridized carbons (Fsp3) is 0.667. The summed E-state index contributed by atoms with van der Waals surface area (Å²) in [6.45, 7) is 7.41. The lowest BCUT2D eigenvalue weighted by Crippen LogP contribution is -2.45. The molecule has 5 nitrogen and oxygen atoms in total. The van der Waals surface area contributed by atoms with Crippen LogP contribution in [0, 0.1) is 5.82 Å². The van der Waals surface area contributed by atoms with Crippen molar-refractivity contribution < 1.29 is 9.13 Å². The fourth-order valence-electron chi connectivity index (χ4n) is 3.92. The van der Waals surface area contributed by atoms with Gasteiger partial charge in [0.2, 0.25) is 0 Å². The van der Waals surface area contributed by atoms with Gasteiger partial charge in [-0.25, -0.2) is 4.39 Å². The lowest BCUT2D eigenvalue weighted by Gasteiger charge is -2.25. The largest absolute Gasteiger partial charge is 0.383 e. The van der Waals surface area contributed by atoms with Crippen LogP contribution in [0.3, 0.4) is 0 Å². The Balaban J connectivity index is 1.57. The molecule has 1 unspecified atom stereocenters. The molecular weight excluding hydrogens is 343 g/mol. The molecule has 0 bridgehead atoms. The van der Waals surface area contributed by atoms with Gasteiger partial charge in [-0.2, -0.15) is 0 Å². The van der Waals surface area contributed by atoms with E-state index in [0.717, 1.165) is 57.2 Å². The third kappa shape index (κ3) is 5.42. The molecule has 1 saturated heterocycles. The second-order valence-electron chi connectivity index (χ2n) is 7.69. The Morgan fingerprint density at radius 2 is 2.22 bits per heavy atom. The second-order valence-corrected chi connectivity index (χ2v) is 7.69. The minimum atomic E-state index is -0.162. The first kappa shape index (κ1) is 20.1. The van der Waals surface area contributed by atoms with Crippen molar-refractivity contribution in [2.24, 2.45) is 4.99 Å². The third-order valence-electron chi connectivity index (χ3n) is 5.76. The van der Waals surface area contributed by atoms with Crippen molar-refractivity contribution in [3.63, 3.8) is 0 Å². The molecule has 1 heterocycles. The number of nitrogens with zero attached hydrogens (tertiary/aromatic N) is 2. The molecule has 0 aromatic heterocycles. The van der Waals surface area contributed by atoms with Gasteiger partial charge in [-0.1, -0.05) is 12.1 Å². The van der Waals surface area contributed by atoms with Crippen molar-refractivity contribution in [1.82, 2.24) is 15.5 Å². The highest BCUT2D eigenvalue weighted by Gasteiger charge is 2.44. The quantitative estimate of drug-likeness (QED) is 0.514. The van der Waals surface area contributed by atoms with E-state index in [1.165, 1.54) is 18.9 Å². The Kier molecular flexibility index (Phi) is 7.07. The predicted molar refractivity (Wildman–Crippen MR) is 108 cm³/mol. The zero-order valence-corrected chi connectivity index (χ0v) is 16.6. The van der Waals surface area contributed by atoms with Crippen LogP contribution in [-0.2, 0) is 10.2 Å². The summed E-state index contributed by atoms with van der Waals surface area (Å²) in [5.74, 6) is 0.698. The number of likely N-dealkylation sites (tertiary alicyclic amines) is 1. The van der Waals surface area contributed by atoms with Crippen LogP contribution in [0.15, 0.2) is 29.3 Å². The van der Waals surface area contributed by atoms with Gasteiger partial charge >= 0.3 is 0 Å². The van der Waals surface area contributed by atoms with Crippen molar-refractivity contribution in [1.29, 1.82) is 0 Å². The molecule has 1 aliphatic heterocycles. The average Bonchev–Trinajstić information content (AvgIpc) is 3.34. The van der Waals surface area contributed by atoms with Crippen molar-refractivity contribution in [3.8, 4) is 0 Å². The first-order valence-corrected chi connectivity index (χ1v) is 10.2. The number of ether oxygens (including phenoxy) is 1. The summed E-state index contributed by atoms with van der Waals surface area (Å²) >= 11 is 0. The lowest BCUT2D eigenvalue weighted by atomic mass is 9.96. The van der Waals surface area contributed by atoms with Gasteiger partial charge in [0.15, 0.2) is 5.96 Å². The monoisotopic (exact) mass is 376 g/mol. The normalized spacial score (nSPS) is 22.0. The number of aliphatic imine (C=N–C) groups is 1. The standard InChI is InChI=1S/C21H33FN4O/c1-3-23-20(24-15-19-8-5-11-26(19)12-13-27-2)25-16-21(9-10-21)17-6-4-7-18(22)14-17/h4,6-7,14,19H,3,5,8-13,15-16H2,1-2H3,(H2,23,24,25). The Morgan fingerprint density at radius 1 is 1.37 bits per heavy atom. The molecule has 2 fully saturated rings. The molecule has 0 radical (unpaired) electrons. The summed E-state index contributed by atoms with van der Waals surface area (Å²) in [6, 6.07) is 7.52. The third-order valence-corrected chi connectivity index (χ3v) is 5.76. The maximum absolute atomic E-state index is 13.6. The number of guanidine groups is 1. The highest BCUT2D eigenvalue weighted by atomic mass is 19.1. The van der Waals surface area contributed by atoms with E-state index in [0.29, 0.717) is 12.6 Å². The van der Waals surface area contributed by atoms with Gasteiger partial charge in [-0.05, 0) is 56.8 Å². The average molecular weight is 377 g/mol. The molecule has 1 atom stereocenters. The molecule has 1 aromatic carbocycles. The van der Waals surface area contributed by atoms with E-state index in [9.17, 15) is 4.39 Å². The Morgan fingerprint density at radius 3 is 2.93 bits per heavy atom. The Labute approximate surface area is 162 Å². The van der Waals surface area contributed by atoms with Crippen LogP contribution in [0.4, 0.5) is 4.39 Å². The molecule has 2 aliphatic rings. The fourth-order valence-corrected chi connectivity index (χ4v) is 3.92. The molecule has 0 amide bonds. The SMILES string of the molecule is CCNC(=NCC1(c2cccc(F)c2)CC1)NCC1CCCN1CCOC. The molecule has 1 saturated carbocycles. The van der Waals surface area contributed by atoms with Gasteiger partial charge in [0.25, 0.3) is 0 Å². The van der Waals surface area contributed by atoms with Crippen LogP contribution in [0.25, 0.3) is 0 Å². The van der Waals surface area contributed by atoms with Gasteiger partial charge < -0.3 is 15.4 Å². The van der Waals surface area contributed by atoms with E-state index in [4.69, 9.17) is 9.73 Å². The molecule has 2 N–H and O–H groups in total. The van der Waals surface area contributed by atoms with Crippen LogP contribution in [0.2, 0.25) is 0 Å². The minimum Gasteiger partial charge on any atom is -0.383 e. The Bertz CT molecular complexity index is 632. The van der Waals surface area contributed by atoms with Gasteiger partial charge in [-0.3, -0.25) is 9.89 Å². The van der Waals surface area contributed by atoms with E-state index >= 15 is 0 Å². The minimum absolute atomic E-state index is 0.0162. The number of hydrogen-bond acceptors (Lipinski definition) is 3. The lowest BCUT2D eigenvalue weighted by molar-refractivity contribution is 0.141. The van der Waals surface area contributed by atoms with E-state index in [1.807, 2.05) is 6.07 Å². The summed E-state index contributed by atoms with van der Waals surface area (Å²) in [5.41, 5.74) is 1.09. The molecule has 150 valence electrons. The number of halogens is 1. The number of hydrogen-bond donors (Lipinski definition) is 2. The van der Waals surface area contributed by atoms with Gasteiger partial charge in [0.05, 0.1) is 13.2 Å². The van der Waals surface area contributed by atoms with Crippen LogP contribution in [0.1, 0.15) is 38.2 Å². The first-order valence-electron chi connectivity index (χ1n) is 10.2. The second kappa shape index (κ2) is 9.51. The molecule has 6 heteroatoms. The molecule has 1 aromatic rings. The van der Waals surface area contributed by atoms with Gasteiger partial charge in [-0.15, -0.1) is 0 Å². The topological polar surface area (TPSA) is 48.9 Å².